The largest absolute Gasteiger partial charge is 0.492 e. The molecule has 0 aromatic heterocycles. The van der Waals surface area contributed by atoms with Gasteiger partial charge in [-0.1, -0.05) is 19.9 Å². The van der Waals surface area contributed by atoms with Crippen molar-refractivity contribution < 1.29 is 9.13 Å². The Kier molecular flexibility index (Phi) is 7.92. The van der Waals surface area contributed by atoms with Gasteiger partial charge >= 0.3 is 0 Å². The highest BCUT2D eigenvalue weighted by Gasteiger charge is 2.03. The van der Waals surface area contributed by atoms with Crippen molar-refractivity contribution in [3.8, 4) is 5.75 Å². The van der Waals surface area contributed by atoms with Gasteiger partial charge in [0.15, 0.2) is 0 Å². The second kappa shape index (κ2) is 8.31. The van der Waals surface area contributed by atoms with Crippen LogP contribution in [0.15, 0.2) is 24.3 Å². The Bertz CT molecular complexity index is 320. The predicted molar refractivity (Wildman–Crippen MR) is 71.4 cm³/mol. The molecule has 1 rings (SSSR count). The zero-order chi connectivity index (χ0) is 12.0. The van der Waals surface area contributed by atoms with Crippen molar-refractivity contribution in [3.05, 3.63) is 30.1 Å². The van der Waals surface area contributed by atoms with Gasteiger partial charge in [-0.15, -0.1) is 12.4 Å². The maximum absolute atomic E-state index is 12.8. The molecule has 0 fully saturated rings. The third-order valence-corrected chi connectivity index (χ3v) is 2.17. The van der Waals surface area contributed by atoms with Crippen LogP contribution >= 0.6 is 12.4 Å². The molecule has 2 nitrogen and oxygen atoms in total. The number of rotatable bonds is 6. The molecule has 1 aromatic carbocycles. The highest BCUT2D eigenvalue weighted by molar-refractivity contribution is 5.85. The van der Waals surface area contributed by atoms with Gasteiger partial charge in [0, 0.05) is 12.1 Å². The van der Waals surface area contributed by atoms with E-state index in [0.29, 0.717) is 18.3 Å². The van der Waals surface area contributed by atoms with Crippen LogP contribution in [0.1, 0.15) is 20.8 Å². The minimum Gasteiger partial charge on any atom is -0.492 e. The van der Waals surface area contributed by atoms with Gasteiger partial charge in [0.2, 0.25) is 0 Å². The number of halogens is 2. The molecule has 1 aromatic rings. The smallest absolute Gasteiger partial charge is 0.126 e. The molecule has 0 heterocycles. The van der Waals surface area contributed by atoms with Crippen LogP contribution in [0, 0.1) is 11.7 Å². The van der Waals surface area contributed by atoms with E-state index in [2.05, 4.69) is 26.1 Å². The summed E-state index contributed by atoms with van der Waals surface area (Å²) < 4.78 is 18.3. The molecule has 98 valence electrons. The fraction of sp³-hybridized carbons (Fsp3) is 0.538. The molecule has 0 aliphatic heterocycles. The lowest BCUT2D eigenvalue weighted by Gasteiger charge is -2.16. The molecule has 1 N–H and O–H groups in total. The average Bonchev–Trinajstić information content (AvgIpc) is 2.23. The molecule has 1 atom stereocenters. The second-order valence-corrected chi connectivity index (χ2v) is 4.47. The lowest BCUT2D eigenvalue weighted by atomic mass is 10.2. The summed E-state index contributed by atoms with van der Waals surface area (Å²) in [5.41, 5.74) is 0. The zero-order valence-corrected chi connectivity index (χ0v) is 11.4. The zero-order valence-electron chi connectivity index (χ0n) is 10.6. The number of hydrogen-bond donors (Lipinski definition) is 1. The van der Waals surface area contributed by atoms with Gasteiger partial charge in [-0.2, -0.15) is 0 Å². The van der Waals surface area contributed by atoms with Gasteiger partial charge < -0.3 is 10.1 Å². The average molecular weight is 262 g/mol. The molecule has 0 saturated heterocycles. The molecular weight excluding hydrogens is 241 g/mol. The molecule has 0 radical (unpaired) electrons. The van der Waals surface area contributed by atoms with Crippen LogP contribution in [-0.2, 0) is 0 Å². The number of nitrogens with one attached hydrogen (secondary N) is 1. The fourth-order valence-electron chi connectivity index (χ4n) is 1.27. The highest BCUT2D eigenvalue weighted by atomic mass is 35.5. The van der Waals surface area contributed by atoms with Crippen molar-refractivity contribution in [2.24, 2.45) is 5.92 Å². The molecule has 0 aliphatic carbocycles. The van der Waals surface area contributed by atoms with Gasteiger partial charge in [0.05, 0.1) is 0 Å². The number of benzene rings is 1. The highest BCUT2D eigenvalue weighted by Crippen LogP contribution is 2.11. The Morgan fingerprint density at radius 3 is 2.59 bits per heavy atom. The van der Waals surface area contributed by atoms with Crippen molar-refractivity contribution in [2.45, 2.75) is 26.8 Å². The first-order valence-electron chi connectivity index (χ1n) is 5.69. The van der Waals surface area contributed by atoms with Crippen molar-refractivity contribution in [3.63, 3.8) is 0 Å². The number of hydrogen-bond acceptors (Lipinski definition) is 2. The summed E-state index contributed by atoms with van der Waals surface area (Å²) in [6, 6.07) is 6.49. The second-order valence-electron chi connectivity index (χ2n) is 4.47. The van der Waals surface area contributed by atoms with E-state index in [9.17, 15) is 4.39 Å². The van der Waals surface area contributed by atoms with Crippen LogP contribution in [0.25, 0.3) is 0 Å². The maximum Gasteiger partial charge on any atom is 0.126 e. The van der Waals surface area contributed by atoms with E-state index in [4.69, 9.17) is 4.74 Å². The van der Waals surface area contributed by atoms with Crippen molar-refractivity contribution in [1.29, 1.82) is 0 Å². The maximum atomic E-state index is 12.8. The van der Waals surface area contributed by atoms with Crippen LogP contribution in [0.2, 0.25) is 0 Å². The van der Waals surface area contributed by atoms with Crippen molar-refractivity contribution in [1.82, 2.24) is 5.32 Å². The lowest BCUT2D eigenvalue weighted by Crippen LogP contribution is -2.34. The van der Waals surface area contributed by atoms with Crippen molar-refractivity contribution in [2.75, 3.05) is 13.2 Å². The summed E-state index contributed by atoms with van der Waals surface area (Å²) >= 11 is 0. The summed E-state index contributed by atoms with van der Waals surface area (Å²) in [6.45, 7) is 7.89. The van der Waals surface area contributed by atoms with Gasteiger partial charge in [-0.25, -0.2) is 4.39 Å². The van der Waals surface area contributed by atoms with Gasteiger partial charge in [-0.3, -0.25) is 0 Å². The summed E-state index contributed by atoms with van der Waals surface area (Å²) in [4.78, 5) is 0. The Labute approximate surface area is 109 Å². The minimum atomic E-state index is -0.264. The van der Waals surface area contributed by atoms with E-state index in [0.717, 1.165) is 6.54 Å². The van der Waals surface area contributed by atoms with Gasteiger partial charge in [0.25, 0.3) is 0 Å². The molecule has 1 unspecified atom stereocenters. The monoisotopic (exact) mass is 261 g/mol. The topological polar surface area (TPSA) is 21.3 Å². The van der Waals surface area contributed by atoms with Crippen LogP contribution < -0.4 is 10.1 Å². The van der Waals surface area contributed by atoms with E-state index < -0.39 is 0 Å². The molecule has 0 bridgehead atoms. The Morgan fingerprint density at radius 2 is 2.00 bits per heavy atom. The summed E-state index contributed by atoms with van der Waals surface area (Å²) in [7, 11) is 0. The van der Waals surface area contributed by atoms with Crippen molar-refractivity contribution >= 4 is 12.4 Å². The molecule has 0 spiro atoms. The van der Waals surface area contributed by atoms with E-state index in [-0.39, 0.29) is 24.3 Å². The number of ether oxygens (including phenoxy) is 1. The summed E-state index contributed by atoms with van der Waals surface area (Å²) in [5, 5.41) is 3.35. The normalized spacial score (nSPS) is 12.1. The Hall–Kier alpha value is -0.800. The molecule has 0 saturated carbocycles. The SMILES string of the molecule is CC(C)CNC(C)COc1cccc(F)c1.Cl. The summed E-state index contributed by atoms with van der Waals surface area (Å²) in [5.74, 6) is 0.940. The first-order chi connectivity index (χ1) is 7.58. The Balaban J connectivity index is 0.00000256. The molecule has 4 heteroatoms. The fourth-order valence-corrected chi connectivity index (χ4v) is 1.27. The first kappa shape index (κ1) is 16.2. The molecule has 0 aliphatic rings. The summed E-state index contributed by atoms with van der Waals surface area (Å²) in [6.07, 6.45) is 0. The van der Waals surface area contributed by atoms with E-state index >= 15 is 0 Å². The van der Waals surface area contributed by atoms with Gasteiger partial charge in [0.1, 0.15) is 18.2 Å². The quantitative estimate of drug-likeness (QED) is 0.849. The van der Waals surface area contributed by atoms with Crippen LogP contribution in [0.3, 0.4) is 0 Å². The van der Waals surface area contributed by atoms with E-state index in [1.165, 1.54) is 12.1 Å². The van der Waals surface area contributed by atoms with Crippen LogP contribution in [-0.4, -0.2) is 19.2 Å². The third-order valence-electron chi connectivity index (χ3n) is 2.17. The minimum absolute atomic E-state index is 0. The Morgan fingerprint density at radius 1 is 1.29 bits per heavy atom. The first-order valence-corrected chi connectivity index (χ1v) is 5.69. The third kappa shape index (κ3) is 7.18. The molecule has 0 amide bonds. The standard InChI is InChI=1S/C13H20FNO.ClH/c1-10(2)8-15-11(3)9-16-13-6-4-5-12(14)7-13;/h4-7,10-11,15H,8-9H2,1-3H3;1H. The molecular formula is C13H21ClFNO. The predicted octanol–water partition coefficient (Wildman–Crippen LogP) is 3.26. The van der Waals surface area contributed by atoms with Gasteiger partial charge in [-0.05, 0) is 31.5 Å². The lowest BCUT2D eigenvalue weighted by molar-refractivity contribution is 0.268. The van der Waals surface area contributed by atoms with Crippen LogP contribution in [0.4, 0.5) is 4.39 Å². The van der Waals surface area contributed by atoms with E-state index in [1.807, 2.05) is 0 Å². The van der Waals surface area contributed by atoms with E-state index in [1.54, 1.807) is 12.1 Å². The molecule has 17 heavy (non-hydrogen) atoms. The van der Waals surface area contributed by atoms with Crippen LogP contribution in [0.5, 0.6) is 5.75 Å².